The number of rotatable bonds is 7. The van der Waals surface area contributed by atoms with Crippen LogP contribution in [0, 0.1) is 5.82 Å². The van der Waals surface area contributed by atoms with E-state index in [2.05, 4.69) is 11.3 Å². The standard InChI is InChI=1S/C21H25FN2O7/c1-3-9-31-21(28)24-16-12-17(30-10-5-7-18(25)29-2)14(22)11-13(16)19(26)23-8-4-6-15(23)20(24)27/h3,11-12,15,20,27H,1,4-10H2,2H3/t15-,20?/m0/s1. The topological polar surface area (TPSA) is 106 Å². The van der Waals surface area contributed by atoms with E-state index in [0.29, 0.717) is 19.4 Å². The smallest absolute Gasteiger partial charge is 0.416 e. The van der Waals surface area contributed by atoms with E-state index in [-0.39, 0.29) is 43.1 Å². The first kappa shape index (κ1) is 22.5. The minimum atomic E-state index is -1.37. The van der Waals surface area contributed by atoms with Crippen molar-refractivity contribution in [3.05, 3.63) is 36.2 Å². The van der Waals surface area contributed by atoms with Crippen LogP contribution in [0.15, 0.2) is 24.8 Å². The van der Waals surface area contributed by atoms with Crippen LogP contribution in [0.25, 0.3) is 0 Å². The number of ether oxygens (including phenoxy) is 3. The van der Waals surface area contributed by atoms with E-state index in [0.717, 1.165) is 11.0 Å². The molecule has 2 aliphatic heterocycles. The zero-order valence-electron chi connectivity index (χ0n) is 17.2. The number of aliphatic hydroxyl groups is 1. The van der Waals surface area contributed by atoms with Crippen molar-refractivity contribution in [3.8, 4) is 5.75 Å². The van der Waals surface area contributed by atoms with Gasteiger partial charge in [0.15, 0.2) is 17.8 Å². The van der Waals surface area contributed by atoms with Crippen molar-refractivity contribution in [2.75, 3.05) is 31.8 Å². The summed E-state index contributed by atoms with van der Waals surface area (Å²) in [6.45, 7) is 3.79. The molecule has 168 valence electrons. The summed E-state index contributed by atoms with van der Waals surface area (Å²) in [4.78, 5) is 39.4. The monoisotopic (exact) mass is 436 g/mol. The lowest BCUT2D eigenvalue weighted by Gasteiger charge is -2.31. The highest BCUT2D eigenvalue weighted by Gasteiger charge is 2.45. The molecule has 0 saturated carbocycles. The molecule has 3 rings (SSSR count). The Morgan fingerprint density at radius 1 is 1.39 bits per heavy atom. The van der Waals surface area contributed by atoms with E-state index in [4.69, 9.17) is 9.47 Å². The van der Waals surface area contributed by atoms with E-state index in [9.17, 15) is 23.9 Å². The van der Waals surface area contributed by atoms with Gasteiger partial charge in [-0.2, -0.15) is 0 Å². The summed E-state index contributed by atoms with van der Waals surface area (Å²) >= 11 is 0. The molecule has 1 unspecified atom stereocenters. The van der Waals surface area contributed by atoms with Crippen molar-refractivity contribution < 1.29 is 38.1 Å². The molecule has 31 heavy (non-hydrogen) atoms. The molecule has 9 nitrogen and oxygen atoms in total. The highest BCUT2D eigenvalue weighted by atomic mass is 19.1. The number of hydrogen-bond donors (Lipinski definition) is 1. The number of esters is 1. The summed E-state index contributed by atoms with van der Waals surface area (Å²) in [7, 11) is 1.27. The van der Waals surface area contributed by atoms with Crippen LogP contribution in [-0.2, 0) is 14.3 Å². The van der Waals surface area contributed by atoms with Crippen molar-refractivity contribution in [1.29, 1.82) is 0 Å². The van der Waals surface area contributed by atoms with Crippen LogP contribution in [0.4, 0.5) is 14.9 Å². The number of hydrogen-bond acceptors (Lipinski definition) is 7. The van der Waals surface area contributed by atoms with E-state index >= 15 is 0 Å². The summed E-state index contributed by atoms with van der Waals surface area (Å²) in [5, 5.41) is 10.9. The van der Waals surface area contributed by atoms with Crippen LogP contribution < -0.4 is 9.64 Å². The van der Waals surface area contributed by atoms with Crippen LogP contribution in [0.2, 0.25) is 0 Å². The Kier molecular flexibility index (Phi) is 7.11. The molecule has 0 spiro atoms. The highest BCUT2D eigenvalue weighted by molar-refractivity contribution is 6.05. The molecule has 10 heteroatoms. The van der Waals surface area contributed by atoms with Gasteiger partial charge in [0.25, 0.3) is 5.91 Å². The third-order valence-corrected chi connectivity index (χ3v) is 5.24. The Morgan fingerprint density at radius 2 is 2.16 bits per heavy atom. The molecule has 0 radical (unpaired) electrons. The Morgan fingerprint density at radius 3 is 2.87 bits per heavy atom. The minimum Gasteiger partial charge on any atom is -0.490 e. The molecule has 1 aromatic carbocycles. The molecule has 0 aliphatic carbocycles. The van der Waals surface area contributed by atoms with Crippen LogP contribution >= 0.6 is 0 Å². The zero-order valence-corrected chi connectivity index (χ0v) is 17.2. The second-order valence-corrected chi connectivity index (χ2v) is 7.19. The van der Waals surface area contributed by atoms with E-state index in [1.54, 1.807) is 0 Å². The quantitative estimate of drug-likeness (QED) is 0.397. The van der Waals surface area contributed by atoms with Gasteiger partial charge in [0, 0.05) is 19.0 Å². The average molecular weight is 436 g/mol. The Labute approximate surface area is 179 Å². The summed E-state index contributed by atoms with van der Waals surface area (Å²) in [5.74, 6) is -1.91. The number of aliphatic hydroxyl groups excluding tert-OH is 1. The maximum Gasteiger partial charge on any atom is 0.416 e. The molecule has 0 aromatic heterocycles. The number of anilines is 1. The van der Waals surface area contributed by atoms with Gasteiger partial charge in [0.05, 0.1) is 31.0 Å². The molecule has 0 bridgehead atoms. The fourth-order valence-corrected chi connectivity index (χ4v) is 3.75. The number of benzene rings is 1. The molecule has 2 atom stereocenters. The number of halogens is 1. The predicted molar refractivity (Wildman–Crippen MR) is 107 cm³/mol. The first-order valence-corrected chi connectivity index (χ1v) is 9.98. The summed E-state index contributed by atoms with van der Waals surface area (Å²) < 4.78 is 29.8. The van der Waals surface area contributed by atoms with Crippen LogP contribution in [0.5, 0.6) is 5.75 Å². The number of amides is 2. The Hall–Kier alpha value is -3.14. The third kappa shape index (κ3) is 4.63. The van der Waals surface area contributed by atoms with Gasteiger partial charge in [-0.25, -0.2) is 14.1 Å². The lowest BCUT2D eigenvalue weighted by Crippen LogP contribution is -2.50. The van der Waals surface area contributed by atoms with Gasteiger partial charge < -0.3 is 24.2 Å². The van der Waals surface area contributed by atoms with E-state index < -0.39 is 36.1 Å². The van der Waals surface area contributed by atoms with Crippen LogP contribution in [0.1, 0.15) is 36.0 Å². The van der Waals surface area contributed by atoms with E-state index in [1.165, 1.54) is 24.2 Å². The lowest BCUT2D eigenvalue weighted by molar-refractivity contribution is -0.140. The zero-order chi connectivity index (χ0) is 22.5. The normalized spacial score (nSPS) is 19.9. The fraction of sp³-hybridized carbons (Fsp3) is 0.476. The van der Waals surface area contributed by atoms with Crippen LogP contribution in [-0.4, -0.2) is 67.1 Å². The highest BCUT2D eigenvalue weighted by Crippen LogP contribution is 2.38. The molecule has 2 heterocycles. The van der Waals surface area contributed by atoms with Gasteiger partial charge in [-0.05, 0) is 25.3 Å². The first-order valence-electron chi connectivity index (χ1n) is 9.98. The fourth-order valence-electron chi connectivity index (χ4n) is 3.75. The first-order chi connectivity index (χ1) is 14.9. The van der Waals surface area contributed by atoms with Gasteiger partial charge in [0.2, 0.25) is 0 Å². The van der Waals surface area contributed by atoms with Gasteiger partial charge in [-0.15, -0.1) is 0 Å². The van der Waals surface area contributed by atoms with Gasteiger partial charge in [-0.3, -0.25) is 9.59 Å². The Bertz CT molecular complexity index is 876. The third-order valence-electron chi connectivity index (χ3n) is 5.24. The molecule has 2 aliphatic rings. The second-order valence-electron chi connectivity index (χ2n) is 7.19. The van der Waals surface area contributed by atoms with Crippen molar-refractivity contribution in [1.82, 2.24) is 4.90 Å². The number of fused-ring (bicyclic) bond motifs is 2. The van der Waals surface area contributed by atoms with Crippen LogP contribution in [0.3, 0.4) is 0 Å². The molecule has 1 aromatic rings. The maximum absolute atomic E-state index is 14.7. The second kappa shape index (κ2) is 9.78. The maximum atomic E-state index is 14.7. The molecule has 2 amide bonds. The minimum absolute atomic E-state index is 0.00895. The molecule has 1 fully saturated rings. The van der Waals surface area contributed by atoms with Gasteiger partial charge >= 0.3 is 12.1 Å². The van der Waals surface area contributed by atoms with Crippen molar-refractivity contribution in [2.45, 2.75) is 38.0 Å². The SMILES string of the molecule is C=CCOC(=O)N1c2cc(OCCCC(=O)OC)c(F)cc2C(=O)N2CCC[C@H]2C1O. The summed E-state index contributed by atoms with van der Waals surface area (Å²) in [6, 6.07) is 1.55. The number of carbonyl (C=O) groups is 3. The molecular weight excluding hydrogens is 411 g/mol. The largest absolute Gasteiger partial charge is 0.490 e. The van der Waals surface area contributed by atoms with Gasteiger partial charge in [0.1, 0.15) is 6.61 Å². The molecule has 1 N–H and O–H groups in total. The lowest BCUT2D eigenvalue weighted by atomic mass is 10.1. The molecule has 1 saturated heterocycles. The van der Waals surface area contributed by atoms with Crippen molar-refractivity contribution >= 4 is 23.7 Å². The Balaban J connectivity index is 1.94. The summed E-state index contributed by atoms with van der Waals surface area (Å²) in [6.07, 6.45) is 0.633. The van der Waals surface area contributed by atoms with Crippen molar-refractivity contribution in [2.24, 2.45) is 0 Å². The van der Waals surface area contributed by atoms with E-state index in [1.807, 2.05) is 0 Å². The number of methoxy groups -OCH3 is 1. The predicted octanol–water partition coefficient (Wildman–Crippen LogP) is 2.22. The van der Waals surface area contributed by atoms with Crippen molar-refractivity contribution in [3.63, 3.8) is 0 Å². The summed E-state index contributed by atoms with van der Waals surface area (Å²) in [5.41, 5.74) is -0.0799. The van der Waals surface area contributed by atoms with Gasteiger partial charge in [-0.1, -0.05) is 12.7 Å². The molecular formula is C21H25FN2O7. The number of carbonyl (C=O) groups excluding carboxylic acids is 3. The average Bonchev–Trinajstić information content (AvgIpc) is 3.23. The number of nitrogens with zero attached hydrogens (tertiary/aromatic N) is 2.